The van der Waals surface area contributed by atoms with Crippen LogP contribution in [0.5, 0.6) is 0 Å². The van der Waals surface area contributed by atoms with E-state index in [1.807, 2.05) is 74.5 Å². The maximum atomic E-state index is 12.9. The van der Waals surface area contributed by atoms with Gasteiger partial charge in [0.1, 0.15) is 0 Å². The van der Waals surface area contributed by atoms with Crippen LogP contribution in [0.4, 0.5) is 11.6 Å². The number of aromatic nitrogens is 2. The Morgan fingerprint density at radius 2 is 1.03 bits per heavy atom. The standard InChI is InChI=1S/C26H22N4O2Se2/c1-17-11-13-23(27-15-17)29-25(31)19-7-3-5-9-21(19)33-34-22-10-6-4-8-20(22)26(32)30-24-14-12-18(2)16-28-24/h3-16H,1-2H3,(H,27,29,31)(H,28,30,32). The molecular formula is C26H22N4O2Se2. The van der Waals surface area contributed by atoms with Crippen molar-refractivity contribution in [3.63, 3.8) is 0 Å². The van der Waals surface area contributed by atoms with Crippen molar-refractivity contribution in [3.8, 4) is 0 Å². The van der Waals surface area contributed by atoms with Crippen LogP contribution in [0.3, 0.4) is 0 Å². The monoisotopic (exact) mass is 582 g/mol. The molecule has 2 aromatic carbocycles. The Balaban J connectivity index is 1.48. The molecular weight excluding hydrogens is 558 g/mol. The van der Waals surface area contributed by atoms with Gasteiger partial charge in [0.15, 0.2) is 0 Å². The Morgan fingerprint density at radius 1 is 0.618 bits per heavy atom. The third kappa shape index (κ3) is 6.19. The van der Waals surface area contributed by atoms with Gasteiger partial charge in [-0.2, -0.15) is 0 Å². The van der Waals surface area contributed by atoms with E-state index in [9.17, 15) is 9.59 Å². The van der Waals surface area contributed by atoms with E-state index in [0.717, 1.165) is 20.1 Å². The van der Waals surface area contributed by atoms with E-state index in [0.29, 0.717) is 22.8 Å². The molecule has 0 fully saturated rings. The number of hydrogen-bond acceptors (Lipinski definition) is 4. The topological polar surface area (TPSA) is 84.0 Å². The van der Waals surface area contributed by atoms with E-state index in [1.165, 1.54) is 0 Å². The molecule has 0 bridgehead atoms. The average molecular weight is 580 g/mol. The molecule has 2 aromatic heterocycles. The first kappa shape index (κ1) is 23.9. The van der Waals surface area contributed by atoms with Gasteiger partial charge in [0.05, 0.1) is 0 Å². The Hall–Kier alpha value is -3.28. The molecule has 2 amide bonds. The molecule has 0 aliphatic rings. The quantitative estimate of drug-likeness (QED) is 0.330. The Bertz CT molecular complexity index is 1210. The van der Waals surface area contributed by atoms with Gasteiger partial charge < -0.3 is 0 Å². The second kappa shape index (κ2) is 11.2. The fraction of sp³-hybridized carbons (Fsp3) is 0.0769. The summed E-state index contributed by atoms with van der Waals surface area (Å²) in [6.07, 6.45) is 3.45. The molecule has 2 heterocycles. The van der Waals surface area contributed by atoms with Crippen molar-refractivity contribution in [1.29, 1.82) is 0 Å². The van der Waals surface area contributed by atoms with Crippen LogP contribution in [-0.4, -0.2) is 48.0 Å². The molecule has 0 aliphatic carbocycles. The van der Waals surface area contributed by atoms with Gasteiger partial charge >= 0.3 is 210 Å². The number of pyridine rings is 2. The molecule has 0 saturated heterocycles. The number of aryl methyl sites for hydroxylation is 2. The van der Waals surface area contributed by atoms with Crippen molar-refractivity contribution in [2.45, 2.75) is 13.8 Å². The fourth-order valence-electron chi connectivity index (χ4n) is 2.99. The van der Waals surface area contributed by atoms with Crippen LogP contribution in [0.25, 0.3) is 0 Å². The SMILES string of the molecule is Cc1ccc(NC(=O)c2ccccc2[Se][Se]c2ccccc2C(=O)Nc2ccc(C)cn2)nc1. The van der Waals surface area contributed by atoms with Gasteiger partial charge in [-0.1, -0.05) is 0 Å². The zero-order valence-electron chi connectivity index (χ0n) is 18.6. The normalized spacial score (nSPS) is 10.5. The molecule has 0 atom stereocenters. The van der Waals surface area contributed by atoms with Gasteiger partial charge in [-0.05, 0) is 0 Å². The van der Waals surface area contributed by atoms with E-state index in [-0.39, 0.29) is 38.1 Å². The number of rotatable bonds is 7. The molecule has 34 heavy (non-hydrogen) atoms. The number of amides is 2. The molecule has 4 aromatic rings. The summed E-state index contributed by atoms with van der Waals surface area (Å²) >= 11 is 0.000258. The third-order valence-corrected chi connectivity index (χ3v) is 12.0. The zero-order valence-corrected chi connectivity index (χ0v) is 22.0. The number of nitrogens with zero attached hydrogens (tertiary/aromatic N) is 2. The molecule has 170 valence electrons. The van der Waals surface area contributed by atoms with E-state index in [1.54, 1.807) is 24.5 Å². The number of carbonyl (C=O) groups is 2. The van der Waals surface area contributed by atoms with Gasteiger partial charge in [0.2, 0.25) is 0 Å². The van der Waals surface area contributed by atoms with Crippen molar-refractivity contribution in [1.82, 2.24) is 9.97 Å². The summed E-state index contributed by atoms with van der Waals surface area (Å²) in [4.78, 5) is 34.4. The summed E-state index contributed by atoms with van der Waals surface area (Å²) in [6.45, 7) is 3.90. The van der Waals surface area contributed by atoms with Crippen LogP contribution in [0.15, 0.2) is 85.2 Å². The summed E-state index contributed by atoms with van der Waals surface area (Å²) in [7, 11) is 0. The molecule has 0 aliphatic heterocycles. The van der Waals surface area contributed by atoms with E-state index < -0.39 is 0 Å². The predicted molar refractivity (Wildman–Crippen MR) is 138 cm³/mol. The van der Waals surface area contributed by atoms with Crippen LogP contribution in [-0.2, 0) is 0 Å². The molecule has 0 spiro atoms. The Kier molecular flexibility index (Phi) is 7.88. The number of hydrogen-bond donors (Lipinski definition) is 2. The van der Waals surface area contributed by atoms with Crippen LogP contribution >= 0.6 is 0 Å². The Labute approximate surface area is 209 Å². The van der Waals surface area contributed by atoms with Gasteiger partial charge in [0.25, 0.3) is 0 Å². The van der Waals surface area contributed by atoms with Crippen molar-refractivity contribution in [2.75, 3.05) is 10.6 Å². The maximum absolute atomic E-state index is 12.9. The fourth-order valence-corrected chi connectivity index (χ4v) is 10.1. The first-order chi connectivity index (χ1) is 16.5. The van der Waals surface area contributed by atoms with Crippen molar-refractivity contribution in [2.24, 2.45) is 0 Å². The molecule has 0 saturated carbocycles. The van der Waals surface area contributed by atoms with Crippen LogP contribution < -0.4 is 19.6 Å². The van der Waals surface area contributed by atoms with Gasteiger partial charge in [-0.15, -0.1) is 0 Å². The summed E-state index contributed by atoms with van der Waals surface area (Å²) in [5.41, 5.74) is 3.34. The first-order valence-corrected chi connectivity index (χ1v) is 16.5. The Morgan fingerprint density at radius 3 is 1.41 bits per heavy atom. The third-order valence-electron chi connectivity index (χ3n) is 4.79. The van der Waals surface area contributed by atoms with Crippen LogP contribution in [0.1, 0.15) is 31.8 Å². The second-order valence-electron chi connectivity index (χ2n) is 7.51. The first-order valence-electron chi connectivity index (χ1n) is 10.5. The summed E-state index contributed by atoms with van der Waals surface area (Å²) in [5, 5.41) is 5.76. The summed E-state index contributed by atoms with van der Waals surface area (Å²) in [6, 6.07) is 22.6. The van der Waals surface area contributed by atoms with Gasteiger partial charge in [0, 0.05) is 0 Å². The summed E-state index contributed by atoms with van der Waals surface area (Å²) < 4.78 is 1.99. The molecule has 0 radical (unpaired) electrons. The minimum absolute atomic E-state index is 0.000129. The molecule has 6 nitrogen and oxygen atoms in total. The van der Waals surface area contributed by atoms with Gasteiger partial charge in [-0.25, -0.2) is 0 Å². The molecule has 2 N–H and O–H groups in total. The average Bonchev–Trinajstić information content (AvgIpc) is 2.86. The predicted octanol–water partition coefficient (Wildman–Crippen LogP) is 2.87. The van der Waals surface area contributed by atoms with Gasteiger partial charge in [-0.3, -0.25) is 0 Å². The van der Waals surface area contributed by atoms with E-state index >= 15 is 0 Å². The second-order valence-corrected chi connectivity index (χ2v) is 13.7. The molecule has 0 unspecified atom stereocenters. The summed E-state index contributed by atoms with van der Waals surface area (Å²) in [5.74, 6) is 0.687. The van der Waals surface area contributed by atoms with Crippen molar-refractivity contribution >= 4 is 58.6 Å². The van der Waals surface area contributed by atoms with Crippen LogP contribution in [0.2, 0.25) is 0 Å². The van der Waals surface area contributed by atoms with Crippen molar-refractivity contribution < 1.29 is 9.59 Å². The number of anilines is 2. The van der Waals surface area contributed by atoms with E-state index in [2.05, 4.69) is 20.6 Å². The number of benzene rings is 2. The zero-order chi connectivity index (χ0) is 23.9. The minimum atomic E-state index is -0.180. The van der Waals surface area contributed by atoms with Crippen LogP contribution in [0, 0.1) is 13.8 Å². The number of carbonyl (C=O) groups excluding carboxylic acids is 2. The van der Waals surface area contributed by atoms with E-state index in [4.69, 9.17) is 0 Å². The molecule has 8 heteroatoms. The van der Waals surface area contributed by atoms with Crippen molar-refractivity contribution in [3.05, 3.63) is 107 Å². The molecule has 4 rings (SSSR count). The number of nitrogens with one attached hydrogen (secondary N) is 2.